The third kappa shape index (κ3) is 6.85. The minimum absolute atomic E-state index is 0.0597. The van der Waals surface area contributed by atoms with Gasteiger partial charge in [0.1, 0.15) is 29.0 Å². The van der Waals surface area contributed by atoms with Crippen LogP contribution in [0.2, 0.25) is 0 Å². The highest BCUT2D eigenvalue weighted by molar-refractivity contribution is 7.89. The minimum Gasteiger partial charge on any atom is -0.493 e. The van der Waals surface area contributed by atoms with Crippen LogP contribution in [-0.4, -0.2) is 49.6 Å². The molecule has 0 saturated carbocycles. The maximum Gasteiger partial charge on any atom is 0.322 e. The summed E-state index contributed by atoms with van der Waals surface area (Å²) in [5.74, 6) is 1.79. The van der Waals surface area contributed by atoms with Gasteiger partial charge in [-0.15, -0.1) is 0 Å². The summed E-state index contributed by atoms with van der Waals surface area (Å²) in [7, 11) is -3.87. The summed E-state index contributed by atoms with van der Waals surface area (Å²) in [6, 6.07) is 20.6. The van der Waals surface area contributed by atoms with Crippen molar-refractivity contribution in [3.63, 3.8) is 0 Å². The van der Waals surface area contributed by atoms with Gasteiger partial charge in [-0.2, -0.15) is 4.31 Å². The van der Waals surface area contributed by atoms with E-state index in [1.165, 1.54) is 12.1 Å². The Labute approximate surface area is 223 Å². The molecule has 0 bridgehead atoms. The van der Waals surface area contributed by atoms with Crippen molar-refractivity contribution in [2.45, 2.75) is 50.0 Å². The monoisotopic (exact) mass is 539 g/mol. The number of ether oxygens (including phenoxy) is 3. The predicted octanol–water partition coefficient (Wildman–Crippen LogP) is 5.52. The molecule has 1 fully saturated rings. The lowest BCUT2D eigenvalue weighted by molar-refractivity contribution is -0.140. The van der Waals surface area contributed by atoms with Crippen molar-refractivity contribution in [2.24, 2.45) is 0 Å². The van der Waals surface area contributed by atoms with Crippen molar-refractivity contribution in [1.82, 2.24) is 4.31 Å². The van der Waals surface area contributed by atoms with Crippen LogP contribution in [0.15, 0.2) is 77.7 Å². The number of benzene rings is 3. The Kier molecular flexibility index (Phi) is 9.25. The van der Waals surface area contributed by atoms with Gasteiger partial charge in [0.2, 0.25) is 10.0 Å². The van der Waals surface area contributed by atoms with Crippen molar-refractivity contribution in [3.8, 4) is 23.0 Å². The van der Waals surface area contributed by atoms with Crippen LogP contribution < -0.4 is 14.2 Å². The van der Waals surface area contributed by atoms with E-state index in [-0.39, 0.29) is 11.4 Å². The summed E-state index contributed by atoms with van der Waals surface area (Å²) in [5, 5.41) is 9.32. The van der Waals surface area contributed by atoms with Gasteiger partial charge in [0.25, 0.3) is 0 Å². The molecule has 1 aliphatic rings. The lowest BCUT2D eigenvalue weighted by atomic mass is 10.1. The van der Waals surface area contributed by atoms with Gasteiger partial charge in [-0.1, -0.05) is 31.5 Å². The number of rotatable bonds is 13. The second-order valence-corrected chi connectivity index (χ2v) is 11.0. The molecule has 0 aliphatic carbocycles. The number of aliphatic carboxylic acids is 1. The Balaban J connectivity index is 1.27. The number of aryl methyl sites for hydroxylation is 1. The van der Waals surface area contributed by atoms with Crippen molar-refractivity contribution >= 4 is 16.0 Å². The summed E-state index contributed by atoms with van der Waals surface area (Å²) >= 11 is 0. The summed E-state index contributed by atoms with van der Waals surface area (Å²) in [4.78, 5) is 11.5. The summed E-state index contributed by atoms with van der Waals surface area (Å²) in [5.41, 5.74) is 1.08. The van der Waals surface area contributed by atoms with Crippen LogP contribution in [0.25, 0.3) is 0 Å². The van der Waals surface area contributed by atoms with E-state index in [9.17, 15) is 18.3 Å². The molecule has 0 aromatic heterocycles. The molecule has 0 spiro atoms. The average Bonchev–Trinajstić information content (AvgIpc) is 3.42. The SMILES string of the molecule is CCCc1cc(Oc2ccccc2)ccc1OCCCOc1ccc(S(=O)(=O)N2CCC[C@@H]2C(=O)O)cc1. The number of carbonyl (C=O) groups is 1. The van der Waals surface area contributed by atoms with Gasteiger partial charge in [0.15, 0.2) is 0 Å². The predicted molar refractivity (Wildman–Crippen MR) is 144 cm³/mol. The summed E-state index contributed by atoms with van der Waals surface area (Å²) < 4.78 is 44.5. The van der Waals surface area contributed by atoms with E-state index in [0.717, 1.165) is 40.0 Å². The molecule has 0 radical (unpaired) electrons. The Hall–Kier alpha value is -3.56. The maximum atomic E-state index is 12.9. The topological polar surface area (TPSA) is 102 Å². The van der Waals surface area contributed by atoms with E-state index < -0.39 is 22.0 Å². The van der Waals surface area contributed by atoms with Gasteiger partial charge in [-0.25, -0.2) is 8.42 Å². The number of sulfonamides is 1. The van der Waals surface area contributed by atoms with Gasteiger partial charge in [-0.3, -0.25) is 4.79 Å². The standard InChI is InChI=1S/C29H33NO7S/c1-2-8-22-21-25(37-24-9-4-3-5-10-24)14-17-28(22)36-20-7-19-35-23-12-15-26(16-13-23)38(33,34)30-18-6-11-27(30)29(31)32/h3-5,9-10,12-17,21,27H,2,6-8,11,18-20H2,1H3,(H,31,32)/t27-/m1/s1. The Morgan fingerprint density at radius 2 is 1.66 bits per heavy atom. The molecule has 8 nitrogen and oxygen atoms in total. The van der Waals surface area contributed by atoms with E-state index in [1.54, 1.807) is 12.1 Å². The Morgan fingerprint density at radius 3 is 2.37 bits per heavy atom. The fraction of sp³-hybridized carbons (Fsp3) is 0.345. The number of nitrogens with zero attached hydrogens (tertiary/aromatic N) is 1. The Morgan fingerprint density at radius 1 is 0.947 bits per heavy atom. The average molecular weight is 540 g/mol. The summed E-state index contributed by atoms with van der Waals surface area (Å²) in [6.07, 6.45) is 3.35. The lowest BCUT2D eigenvalue weighted by Crippen LogP contribution is -2.40. The first-order valence-electron chi connectivity index (χ1n) is 12.8. The zero-order valence-corrected chi connectivity index (χ0v) is 22.2. The molecule has 38 heavy (non-hydrogen) atoms. The third-order valence-electron chi connectivity index (χ3n) is 6.26. The molecule has 3 aromatic rings. The quantitative estimate of drug-likeness (QED) is 0.286. The molecular weight excluding hydrogens is 506 g/mol. The highest BCUT2D eigenvalue weighted by atomic mass is 32.2. The normalized spacial score (nSPS) is 15.8. The van der Waals surface area contributed by atoms with E-state index in [2.05, 4.69) is 6.92 Å². The highest BCUT2D eigenvalue weighted by Crippen LogP contribution is 2.30. The van der Waals surface area contributed by atoms with Crippen LogP contribution >= 0.6 is 0 Å². The van der Waals surface area contributed by atoms with E-state index in [0.29, 0.717) is 38.2 Å². The Bertz CT molecular complexity index is 1310. The number of hydrogen-bond acceptors (Lipinski definition) is 6. The van der Waals surface area contributed by atoms with Gasteiger partial charge < -0.3 is 19.3 Å². The molecule has 1 heterocycles. The molecule has 9 heteroatoms. The molecule has 1 N–H and O–H groups in total. The number of carboxylic acids is 1. The number of carboxylic acid groups (broad SMARTS) is 1. The highest BCUT2D eigenvalue weighted by Gasteiger charge is 2.39. The fourth-order valence-electron chi connectivity index (χ4n) is 4.40. The van der Waals surface area contributed by atoms with E-state index in [1.807, 2.05) is 48.5 Å². The molecule has 1 aliphatic heterocycles. The minimum atomic E-state index is -3.87. The van der Waals surface area contributed by atoms with Crippen LogP contribution in [0.1, 0.15) is 38.2 Å². The summed E-state index contributed by atoms with van der Waals surface area (Å²) in [6.45, 7) is 3.19. The van der Waals surface area contributed by atoms with Crippen molar-refractivity contribution in [2.75, 3.05) is 19.8 Å². The molecule has 0 amide bonds. The third-order valence-corrected chi connectivity index (χ3v) is 8.19. The van der Waals surface area contributed by atoms with Gasteiger partial charge in [0.05, 0.1) is 18.1 Å². The zero-order chi connectivity index (χ0) is 27.0. The molecule has 3 aromatic carbocycles. The first-order valence-corrected chi connectivity index (χ1v) is 14.3. The molecule has 4 rings (SSSR count). The maximum absolute atomic E-state index is 12.9. The van der Waals surface area contributed by atoms with Crippen LogP contribution in [-0.2, 0) is 21.2 Å². The molecule has 1 saturated heterocycles. The molecular formula is C29H33NO7S. The van der Waals surface area contributed by atoms with Gasteiger partial charge in [0, 0.05) is 13.0 Å². The molecule has 202 valence electrons. The van der Waals surface area contributed by atoms with Crippen LogP contribution in [0.5, 0.6) is 23.0 Å². The van der Waals surface area contributed by atoms with Crippen LogP contribution in [0, 0.1) is 0 Å². The number of hydrogen-bond donors (Lipinski definition) is 1. The second kappa shape index (κ2) is 12.8. The smallest absolute Gasteiger partial charge is 0.322 e. The largest absolute Gasteiger partial charge is 0.493 e. The van der Waals surface area contributed by atoms with E-state index >= 15 is 0 Å². The van der Waals surface area contributed by atoms with Crippen LogP contribution in [0.3, 0.4) is 0 Å². The van der Waals surface area contributed by atoms with Crippen molar-refractivity contribution in [1.29, 1.82) is 0 Å². The van der Waals surface area contributed by atoms with Gasteiger partial charge >= 0.3 is 5.97 Å². The molecule has 0 unspecified atom stereocenters. The number of para-hydroxylation sites is 1. The lowest BCUT2D eigenvalue weighted by Gasteiger charge is -2.21. The zero-order valence-electron chi connectivity index (χ0n) is 21.4. The van der Waals surface area contributed by atoms with Gasteiger partial charge in [-0.05, 0) is 79.4 Å². The fourth-order valence-corrected chi connectivity index (χ4v) is 6.05. The van der Waals surface area contributed by atoms with Crippen molar-refractivity contribution < 1.29 is 32.5 Å². The van der Waals surface area contributed by atoms with E-state index in [4.69, 9.17) is 14.2 Å². The second-order valence-electron chi connectivity index (χ2n) is 9.07. The van der Waals surface area contributed by atoms with Crippen molar-refractivity contribution in [3.05, 3.63) is 78.4 Å². The first-order chi connectivity index (χ1) is 18.4. The molecule has 1 atom stereocenters. The first kappa shape index (κ1) is 27.5. The van der Waals surface area contributed by atoms with Crippen LogP contribution in [0.4, 0.5) is 0 Å².